The van der Waals surface area contributed by atoms with E-state index in [4.69, 9.17) is 14.6 Å². The first-order chi connectivity index (χ1) is 8.65. The van der Waals surface area contributed by atoms with E-state index in [2.05, 4.69) is 20.9 Å². The van der Waals surface area contributed by atoms with Crippen molar-refractivity contribution in [3.05, 3.63) is 34.9 Å². The van der Waals surface area contributed by atoms with Gasteiger partial charge in [-0.1, -0.05) is 0 Å². The molecule has 1 aromatic heterocycles. The fraction of sp³-hybridized carbons (Fsp3) is 0.167. The molecule has 6 heteroatoms. The molecule has 94 valence electrons. The van der Waals surface area contributed by atoms with Gasteiger partial charge in [-0.2, -0.15) is 0 Å². The molecule has 1 heterocycles. The van der Waals surface area contributed by atoms with Gasteiger partial charge >= 0.3 is 5.97 Å². The average molecular weight is 312 g/mol. The van der Waals surface area contributed by atoms with Gasteiger partial charge in [0.1, 0.15) is 12.4 Å². The summed E-state index contributed by atoms with van der Waals surface area (Å²) >= 11 is 3.34. The van der Waals surface area contributed by atoms with Gasteiger partial charge in [0.2, 0.25) is 0 Å². The maximum absolute atomic E-state index is 10.2. The third-order valence-corrected chi connectivity index (χ3v) is 2.59. The van der Waals surface area contributed by atoms with Crippen molar-refractivity contribution in [2.24, 2.45) is 0 Å². The largest absolute Gasteiger partial charge is 0.480 e. The van der Waals surface area contributed by atoms with Crippen LogP contribution in [0.3, 0.4) is 0 Å². The summed E-state index contributed by atoms with van der Waals surface area (Å²) in [5.74, 6) is -0.418. The zero-order chi connectivity index (χ0) is 13.0. The highest BCUT2D eigenvalue weighted by Gasteiger charge is 2.01. The monoisotopic (exact) mass is 311 g/mol. The van der Waals surface area contributed by atoms with Crippen molar-refractivity contribution in [1.29, 1.82) is 0 Å². The summed E-state index contributed by atoms with van der Waals surface area (Å²) in [6.45, 7) is -0.472. The number of carboxylic acids is 1. The van der Waals surface area contributed by atoms with Gasteiger partial charge in [-0.05, 0) is 40.2 Å². The fourth-order valence-corrected chi connectivity index (χ4v) is 1.76. The Kier molecular flexibility index (Phi) is 4.11. The van der Waals surface area contributed by atoms with Crippen LogP contribution in [0.15, 0.2) is 34.9 Å². The van der Waals surface area contributed by atoms with Gasteiger partial charge in [-0.3, -0.25) is 4.98 Å². The summed E-state index contributed by atoms with van der Waals surface area (Å²) < 4.78 is 10.9. The summed E-state index contributed by atoms with van der Waals surface area (Å²) in [5, 5.41) is 9.32. The molecule has 0 saturated carbocycles. The number of nitrogens with zero attached hydrogens (tertiary/aromatic N) is 1. The van der Waals surface area contributed by atoms with Crippen LogP contribution in [-0.2, 0) is 9.53 Å². The predicted octanol–water partition coefficient (Wildman–Crippen LogP) is 2.43. The van der Waals surface area contributed by atoms with Crippen molar-refractivity contribution in [3.63, 3.8) is 0 Å². The van der Waals surface area contributed by atoms with Crippen molar-refractivity contribution in [2.45, 2.75) is 0 Å². The van der Waals surface area contributed by atoms with Crippen LogP contribution in [0.5, 0.6) is 5.75 Å². The summed E-state index contributed by atoms with van der Waals surface area (Å²) in [7, 11) is 0. The number of pyridine rings is 1. The second-order valence-electron chi connectivity index (χ2n) is 3.51. The highest BCUT2D eigenvalue weighted by Crippen LogP contribution is 2.22. The first-order valence-corrected chi connectivity index (χ1v) is 5.92. The Bertz CT molecular complexity index is 573. The molecule has 0 spiro atoms. The van der Waals surface area contributed by atoms with E-state index in [9.17, 15) is 4.79 Å². The van der Waals surface area contributed by atoms with Gasteiger partial charge < -0.3 is 14.6 Å². The Morgan fingerprint density at radius 2 is 2.22 bits per heavy atom. The molecule has 0 aliphatic heterocycles. The van der Waals surface area contributed by atoms with Crippen LogP contribution in [0.25, 0.3) is 10.9 Å². The van der Waals surface area contributed by atoms with E-state index in [-0.39, 0.29) is 13.4 Å². The molecular formula is C12H10BrNO4. The van der Waals surface area contributed by atoms with Crippen LogP contribution in [0, 0.1) is 0 Å². The molecule has 2 rings (SSSR count). The molecule has 2 aromatic rings. The van der Waals surface area contributed by atoms with Gasteiger partial charge in [0.05, 0.1) is 5.52 Å². The SMILES string of the molecule is O=C(O)COCOc1ccc2ncc(Br)cc2c1. The van der Waals surface area contributed by atoms with Gasteiger partial charge in [-0.25, -0.2) is 4.79 Å². The Morgan fingerprint density at radius 1 is 1.39 bits per heavy atom. The number of halogens is 1. The number of hydrogen-bond donors (Lipinski definition) is 1. The van der Waals surface area contributed by atoms with Crippen LogP contribution in [0.2, 0.25) is 0 Å². The zero-order valence-corrected chi connectivity index (χ0v) is 10.9. The first kappa shape index (κ1) is 12.8. The summed E-state index contributed by atoms with van der Waals surface area (Å²) in [6, 6.07) is 7.33. The Morgan fingerprint density at radius 3 is 3.00 bits per heavy atom. The van der Waals surface area contributed by atoms with Gasteiger partial charge in [0.15, 0.2) is 6.79 Å². The van der Waals surface area contributed by atoms with Crippen molar-refractivity contribution < 1.29 is 19.4 Å². The van der Waals surface area contributed by atoms with Crippen LogP contribution in [0.1, 0.15) is 0 Å². The minimum Gasteiger partial charge on any atom is -0.480 e. The fourth-order valence-electron chi connectivity index (χ4n) is 1.41. The number of benzene rings is 1. The molecule has 0 amide bonds. The zero-order valence-electron chi connectivity index (χ0n) is 9.30. The number of aliphatic carboxylic acids is 1. The molecule has 18 heavy (non-hydrogen) atoms. The molecule has 0 bridgehead atoms. The maximum Gasteiger partial charge on any atom is 0.329 e. The van der Waals surface area contributed by atoms with E-state index < -0.39 is 5.97 Å². The van der Waals surface area contributed by atoms with Crippen molar-refractivity contribution in [3.8, 4) is 5.75 Å². The molecular weight excluding hydrogens is 302 g/mol. The van der Waals surface area contributed by atoms with Crippen LogP contribution in [-0.4, -0.2) is 29.5 Å². The molecule has 0 fully saturated rings. The number of rotatable bonds is 5. The lowest BCUT2D eigenvalue weighted by Crippen LogP contribution is -2.11. The smallest absolute Gasteiger partial charge is 0.329 e. The van der Waals surface area contributed by atoms with Crippen LogP contribution in [0.4, 0.5) is 0 Å². The van der Waals surface area contributed by atoms with E-state index in [1.165, 1.54) is 0 Å². The lowest BCUT2D eigenvalue weighted by atomic mass is 10.2. The van der Waals surface area contributed by atoms with E-state index in [0.717, 1.165) is 15.4 Å². The summed E-state index contributed by atoms with van der Waals surface area (Å²) in [6.07, 6.45) is 1.72. The van der Waals surface area contributed by atoms with Crippen molar-refractivity contribution in [1.82, 2.24) is 4.98 Å². The average Bonchev–Trinajstić information content (AvgIpc) is 2.34. The van der Waals surface area contributed by atoms with Crippen molar-refractivity contribution in [2.75, 3.05) is 13.4 Å². The third-order valence-electron chi connectivity index (χ3n) is 2.15. The topological polar surface area (TPSA) is 68.7 Å². The third kappa shape index (κ3) is 3.41. The molecule has 1 aromatic carbocycles. The van der Waals surface area contributed by atoms with Crippen LogP contribution < -0.4 is 4.74 Å². The van der Waals surface area contributed by atoms with Crippen molar-refractivity contribution >= 4 is 32.8 Å². The molecule has 5 nitrogen and oxygen atoms in total. The number of carbonyl (C=O) groups is 1. The summed E-state index contributed by atoms with van der Waals surface area (Å²) in [4.78, 5) is 14.5. The van der Waals surface area contributed by atoms with E-state index in [1.54, 1.807) is 12.3 Å². The summed E-state index contributed by atoms with van der Waals surface area (Å²) in [5.41, 5.74) is 0.858. The number of carboxylic acid groups (broad SMARTS) is 1. The van der Waals surface area contributed by atoms with E-state index >= 15 is 0 Å². The number of ether oxygens (including phenoxy) is 2. The second-order valence-corrected chi connectivity index (χ2v) is 4.43. The Balaban J connectivity index is 2.03. The lowest BCUT2D eigenvalue weighted by molar-refractivity contribution is -0.144. The van der Waals surface area contributed by atoms with E-state index in [0.29, 0.717) is 5.75 Å². The predicted molar refractivity (Wildman–Crippen MR) is 68.5 cm³/mol. The first-order valence-electron chi connectivity index (χ1n) is 5.13. The minimum atomic E-state index is -1.02. The quantitative estimate of drug-likeness (QED) is 0.678. The highest BCUT2D eigenvalue weighted by atomic mass is 79.9. The lowest BCUT2D eigenvalue weighted by Gasteiger charge is -2.06. The molecule has 0 saturated heterocycles. The van der Waals surface area contributed by atoms with E-state index in [1.807, 2.05) is 18.2 Å². The molecule has 0 aliphatic rings. The minimum absolute atomic E-state index is 0.0980. The highest BCUT2D eigenvalue weighted by molar-refractivity contribution is 9.10. The normalized spacial score (nSPS) is 10.5. The number of aromatic nitrogens is 1. The molecule has 0 unspecified atom stereocenters. The number of hydrogen-bond acceptors (Lipinski definition) is 4. The van der Waals surface area contributed by atoms with Gasteiger partial charge in [0.25, 0.3) is 0 Å². The molecule has 0 radical (unpaired) electrons. The Labute approximate surface area is 111 Å². The van der Waals surface area contributed by atoms with Crippen LogP contribution >= 0.6 is 15.9 Å². The molecule has 0 atom stereocenters. The second kappa shape index (κ2) is 5.79. The maximum atomic E-state index is 10.2. The molecule has 1 N–H and O–H groups in total. The molecule has 0 aliphatic carbocycles. The van der Waals surface area contributed by atoms with Gasteiger partial charge in [0, 0.05) is 16.1 Å². The Hall–Kier alpha value is -1.66. The number of fused-ring (bicyclic) bond motifs is 1. The standard InChI is InChI=1S/C12H10BrNO4/c13-9-3-8-4-10(1-2-11(8)14-5-9)18-7-17-6-12(15)16/h1-5H,6-7H2,(H,15,16). The van der Waals surface area contributed by atoms with Gasteiger partial charge in [-0.15, -0.1) is 0 Å².